The summed E-state index contributed by atoms with van der Waals surface area (Å²) >= 11 is 0. The third-order valence-corrected chi connectivity index (χ3v) is 2.17. The highest BCUT2D eigenvalue weighted by Gasteiger charge is 2.23. The van der Waals surface area contributed by atoms with Gasteiger partial charge in [0, 0.05) is 13.2 Å². The van der Waals surface area contributed by atoms with Gasteiger partial charge in [0.2, 0.25) is 5.91 Å². The average molecular weight is 231 g/mol. The van der Waals surface area contributed by atoms with Gasteiger partial charge in [-0.05, 0) is 13.3 Å². The van der Waals surface area contributed by atoms with E-state index < -0.39 is 5.92 Å². The van der Waals surface area contributed by atoms with Crippen molar-refractivity contribution in [1.29, 1.82) is 0 Å². The van der Waals surface area contributed by atoms with Crippen molar-refractivity contribution in [2.75, 3.05) is 13.7 Å². The fourth-order valence-corrected chi connectivity index (χ4v) is 1.41. The first-order chi connectivity index (χ1) is 7.56. The molecule has 4 N–H and O–H groups in total. The molecule has 0 aromatic rings. The molecule has 6 heteroatoms. The summed E-state index contributed by atoms with van der Waals surface area (Å²) in [6.07, 6.45) is 1.34. The Morgan fingerprint density at radius 1 is 1.62 bits per heavy atom. The third kappa shape index (κ3) is 4.97. The molecule has 0 heterocycles. The van der Waals surface area contributed by atoms with Gasteiger partial charge < -0.3 is 21.0 Å². The van der Waals surface area contributed by atoms with Gasteiger partial charge in [-0.1, -0.05) is 18.5 Å². The molecule has 2 atom stereocenters. The predicted molar refractivity (Wildman–Crippen MR) is 61.3 cm³/mol. The fourth-order valence-electron chi connectivity index (χ4n) is 1.41. The minimum atomic E-state index is -0.575. The number of carbonyl (C=O) groups is 1. The lowest BCUT2D eigenvalue weighted by Crippen LogP contribution is -2.44. The maximum Gasteiger partial charge on any atom is 0.231 e. The van der Waals surface area contributed by atoms with Crippen molar-refractivity contribution >= 4 is 11.7 Å². The maximum absolute atomic E-state index is 11.8. The number of ether oxygens (including phenoxy) is 1. The SMILES string of the molecule is CCCC(C(=O)NC(C)COC)C(N)=NO. The van der Waals surface area contributed by atoms with Gasteiger partial charge in [0.25, 0.3) is 0 Å². The molecule has 1 amide bonds. The smallest absolute Gasteiger partial charge is 0.231 e. The van der Waals surface area contributed by atoms with Gasteiger partial charge in [-0.2, -0.15) is 0 Å². The number of rotatable bonds is 7. The van der Waals surface area contributed by atoms with Crippen molar-refractivity contribution in [3.63, 3.8) is 0 Å². The second-order valence-electron chi connectivity index (χ2n) is 3.73. The molecule has 0 aliphatic rings. The summed E-state index contributed by atoms with van der Waals surface area (Å²) in [4.78, 5) is 11.8. The summed E-state index contributed by atoms with van der Waals surface area (Å²) in [5.41, 5.74) is 5.46. The summed E-state index contributed by atoms with van der Waals surface area (Å²) in [7, 11) is 1.57. The second kappa shape index (κ2) is 7.92. The molecule has 0 saturated carbocycles. The predicted octanol–water partition coefficient (Wildman–Crippen LogP) is 0.300. The van der Waals surface area contributed by atoms with Gasteiger partial charge >= 0.3 is 0 Å². The molecule has 0 spiro atoms. The van der Waals surface area contributed by atoms with Crippen molar-refractivity contribution in [2.45, 2.75) is 32.7 Å². The normalized spacial score (nSPS) is 15.6. The number of methoxy groups -OCH3 is 1. The Labute approximate surface area is 95.8 Å². The van der Waals surface area contributed by atoms with Gasteiger partial charge in [0.1, 0.15) is 0 Å². The van der Waals surface area contributed by atoms with Crippen LogP contribution in [0.25, 0.3) is 0 Å². The highest BCUT2D eigenvalue weighted by molar-refractivity contribution is 6.02. The molecular formula is C10H21N3O3. The van der Waals surface area contributed by atoms with E-state index in [1.165, 1.54) is 0 Å². The van der Waals surface area contributed by atoms with Crippen LogP contribution in [0.5, 0.6) is 0 Å². The Kier molecular flexibility index (Phi) is 7.28. The molecule has 94 valence electrons. The zero-order valence-electron chi connectivity index (χ0n) is 10.1. The monoisotopic (exact) mass is 231 g/mol. The van der Waals surface area contributed by atoms with Crippen LogP contribution >= 0.6 is 0 Å². The van der Waals surface area contributed by atoms with Crippen molar-refractivity contribution in [3.8, 4) is 0 Å². The molecule has 0 saturated heterocycles. The standard InChI is InChI=1S/C10H21N3O3/c1-4-5-8(9(11)13-15)10(14)12-7(2)6-16-3/h7-8,15H,4-6H2,1-3H3,(H2,11,13)(H,12,14). The minimum Gasteiger partial charge on any atom is -0.409 e. The number of oxime groups is 1. The van der Waals surface area contributed by atoms with E-state index in [0.717, 1.165) is 6.42 Å². The molecule has 16 heavy (non-hydrogen) atoms. The summed E-state index contributed by atoms with van der Waals surface area (Å²) in [5, 5.41) is 14.2. The third-order valence-electron chi connectivity index (χ3n) is 2.17. The maximum atomic E-state index is 11.8. The van der Waals surface area contributed by atoms with Crippen molar-refractivity contribution in [1.82, 2.24) is 5.32 Å². The molecule has 0 aliphatic heterocycles. The topological polar surface area (TPSA) is 96.9 Å². The lowest BCUT2D eigenvalue weighted by atomic mass is 10.0. The fraction of sp³-hybridized carbons (Fsp3) is 0.800. The van der Waals surface area contributed by atoms with Crippen molar-refractivity contribution in [2.24, 2.45) is 16.8 Å². The Balaban J connectivity index is 4.38. The molecule has 6 nitrogen and oxygen atoms in total. The van der Waals surface area contributed by atoms with E-state index in [1.807, 2.05) is 13.8 Å². The number of nitrogens with two attached hydrogens (primary N) is 1. The van der Waals surface area contributed by atoms with E-state index in [4.69, 9.17) is 15.7 Å². The Morgan fingerprint density at radius 3 is 2.69 bits per heavy atom. The van der Waals surface area contributed by atoms with Crippen LogP contribution in [-0.4, -0.2) is 36.7 Å². The van der Waals surface area contributed by atoms with E-state index >= 15 is 0 Å². The molecule has 0 aromatic carbocycles. The number of hydrogen-bond donors (Lipinski definition) is 3. The number of amidine groups is 1. The lowest BCUT2D eigenvalue weighted by molar-refractivity contribution is -0.124. The highest BCUT2D eigenvalue weighted by atomic mass is 16.5. The zero-order valence-corrected chi connectivity index (χ0v) is 10.1. The van der Waals surface area contributed by atoms with Gasteiger partial charge in [0.15, 0.2) is 5.84 Å². The molecular weight excluding hydrogens is 210 g/mol. The van der Waals surface area contributed by atoms with Crippen LogP contribution in [0.1, 0.15) is 26.7 Å². The average Bonchev–Trinajstić information content (AvgIpc) is 2.24. The van der Waals surface area contributed by atoms with E-state index in [9.17, 15) is 4.79 Å². The van der Waals surface area contributed by atoms with Gasteiger partial charge in [-0.3, -0.25) is 4.79 Å². The highest BCUT2D eigenvalue weighted by Crippen LogP contribution is 2.07. The van der Waals surface area contributed by atoms with Crippen LogP contribution < -0.4 is 11.1 Å². The Bertz CT molecular complexity index is 243. The minimum absolute atomic E-state index is 0.0519. The number of nitrogens with one attached hydrogen (secondary N) is 1. The first-order valence-corrected chi connectivity index (χ1v) is 5.33. The van der Waals surface area contributed by atoms with E-state index in [2.05, 4.69) is 10.5 Å². The molecule has 0 radical (unpaired) electrons. The van der Waals surface area contributed by atoms with Crippen molar-refractivity contribution in [3.05, 3.63) is 0 Å². The van der Waals surface area contributed by atoms with Crippen LogP contribution in [0.4, 0.5) is 0 Å². The molecule has 0 aromatic heterocycles. The molecule has 0 rings (SSSR count). The number of amides is 1. The number of nitrogens with zero attached hydrogens (tertiary/aromatic N) is 1. The second-order valence-corrected chi connectivity index (χ2v) is 3.73. The van der Waals surface area contributed by atoms with Crippen LogP contribution in [-0.2, 0) is 9.53 Å². The first kappa shape index (κ1) is 14.7. The largest absolute Gasteiger partial charge is 0.409 e. The number of carbonyl (C=O) groups excluding carboxylic acids is 1. The van der Waals surface area contributed by atoms with Gasteiger partial charge in [-0.25, -0.2) is 0 Å². The molecule has 0 bridgehead atoms. The van der Waals surface area contributed by atoms with E-state index in [1.54, 1.807) is 7.11 Å². The summed E-state index contributed by atoms with van der Waals surface area (Å²) in [6, 6.07) is -0.0941. The Morgan fingerprint density at radius 2 is 2.25 bits per heavy atom. The van der Waals surface area contributed by atoms with Crippen LogP contribution in [0.15, 0.2) is 5.16 Å². The van der Waals surface area contributed by atoms with E-state index in [-0.39, 0.29) is 17.8 Å². The van der Waals surface area contributed by atoms with Crippen LogP contribution in [0.2, 0.25) is 0 Å². The van der Waals surface area contributed by atoms with Crippen LogP contribution in [0.3, 0.4) is 0 Å². The van der Waals surface area contributed by atoms with E-state index in [0.29, 0.717) is 13.0 Å². The number of hydrogen-bond acceptors (Lipinski definition) is 4. The summed E-state index contributed by atoms with van der Waals surface area (Å²) < 4.78 is 4.91. The molecule has 2 unspecified atom stereocenters. The Hall–Kier alpha value is -1.30. The molecule has 0 aliphatic carbocycles. The van der Waals surface area contributed by atoms with Crippen LogP contribution in [0, 0.1) is 5.92 Å². The summed E-state index contributed by atoms with van der Waals surface area (Å²) in [6.45, 7) is 4.20. The van der Waals surface area contributed by atoms with Crippen molar-refractivity contribution < 1.29 is 14.7 Å². The molecule has 0 fully saturated rings. The quantitative estimate of drug-likeness (QED) is 0.254. The lowest BCUT2D eigenvalue weighted by Gasteiger charge is -2.18. The van der Waals surface area contributed by atoms with Gasteiger partial charge in [0.05, 0.1) is 12.5 Å². The first-order valence-electron chi connectivity index (χ1n) is 5.33. The summed E-state index contributed by atoms with van der Waals surface area (Å²) in [5.74, 6) is -0.861. The van der Waals surface area contributed by atoms with Gasteiger partial charge in [-0.15, -0.1) is 0 Å². The zero-order chi connectivity index (χ0) is 12.6.